The van der Waals surface area contributed by atoms with Crippen molar-refractivity contribution in [2.75, 3.05) is 13.2 Å². The first kappa shape index (κ1) is 11.2. The van der Waals surface area contributed by atoms with Crippen molar-refractivity contribution >= 4 is 16.9 Å². The first-order valence-electron chi connectivity index (χ1n) is 6.05. The summed E-state index contributed by atoms with van der Waals surface area (Å²) in [6.45, 7) is 1.10. The fraction of sp³-hybridized carbons (Fsp3) is 0.385. The number of hydrogen-bond donors (Lipinski definition) is 1. The van der Waals surface area contributed by atoms with Gasteiger partial charge in [-0.3, -0.25) is 5.10 Å². The number of hydrogen-bond acceptors (Lipinski definition) is 4. The van der Waals surface area contributed by atoms with Crippen molar-refractivity contribution in [2.45, 2.75) is 18.9 Å². The van der Waals surface area contributed by atoms with Gasteiger partial charge in [0.05, 0.1) is 23.4 Å². The van der Waals surface area contributed by atoms with Gasteiger partial charge in [-0.25, -0.2) is 4.79 Å². The molecule has 1 aromatic heterocycles. The van der Waals surface area contributed by atoms with Gasteiger partial charge in [-0.2, -0.15) is 5.10 Å². The van der Waals surface area contributed by atoms with Crippen molar-refractivity contribution in [1.29, 1.82) is 0 Å². The second-order valence-electron chi connectivity index (χ2n) is 4.41. The smallest absolute Gasteiger partial charge is 0.338 e. The number of ether oxygens (including phenoxy) is 2. The number of benzene rings is 1. The Morgan fingerprint density at radius 2 is 2.50 bits per heavy atom. The Labute approximate surface area is 104 Å². The minimum absolute atomic E-state index is 0.0600. The quantitative estimate of drug-likeness (QED) is 0.840. The van der Waals surface area contributed by atoms with E-state index >= 15 is 0 Å². The van der Waals surface area contributed by atoms with Crippen LogP contribution in [0.5, 0.6) is 0 Å². The molecule has 5 heteroatoms. The molecular weight excluding hydrogens is 232 g/mol. The van der Waals surface area contributed by atoms with Gasteiger partial charge in [-0.1, -0.05) is 6.07 Å². The highest BCUT2D eigenvalue weighted by Gasteiger charge is 2.18. The van der Waals surface area contributed by atoms with Crippen molar-refractivity contribution in [3.8, 4) is 0 Å². The number of nitrogens with one attached hydrogen (secondary N) is 1. The van der Waals surface area contributed by atoms with Gasteiger partial charge in [0.1, 0.15) is 6.61 Å². The molecule has 1 aliphatic rings. The molecule has 1 aliphatic heterocycles. The Hall–Kier alpha value is -1.88. The number of carbonyl (C=O) groups is 1. The molecule has 0 aliphatic carbocycles. The Morgan fingerprint density at radius 1 is 1.56 bits per heavy atom. The van der Waals surface area contributed by atoms with Crippen LogP contribution < -0.4 is 0 Å². The zero-order valence-corrected chi connectivity index (χ0v) is 9.89. The molecular formula is C13H14N2O3. The number of aromatic nitrogens is 2. The minimum Gasteiger partial charge on any atom is -0.459 e. The molecule has 18 heavy (non-hydrogen) atoms. The molecule has 1 atom stereocenters. The average Bonchev–Trinajstić information content (AvgIpc) is 3.05. The van der Waals surface area contributed by atoms with Crippen molar-refractivity contribution in [3.63, 3.8) is 0 Å². The number of esters is 1. The molecule has 0 saturated carbocycles. The third-order valence-electron chi connectivity index (χ3n) is 3.10. The van der Waals surface area contributed by atoms with Crippen LogP contribution in [0.1, 0.15) is 23.2 Å². The van der Waals surface area contributed by atoms with Gasteiger partial charge in [0, 0.05) is 12.0 Å². The monoisotopic (exact) mass is 246 g/mol. The van der Waals surface area contributed by atoms with E-state index in [-0.39, 0.29) is 12.1 Å². The maximum absolute atomic E-state index is 11.9. The second-order valence-corrected chi connectivity index (χ2v) is 4.41. The SMILES string of the molecule is O=C(OC[C@@H]1CCCO1)c1ccc2cn[nH]c2c1. The van der Waals surface area contributed by atoms with Crippen LogP contribution in [-0.4, -0.2) is 35.5 Å². The second kappa shape index (κ2) is 4.78. The largest absolute Gasteiger partial charge is 0.459 e. The number of H-pyrrole nitrogens is 1. The number of nitrogens with zero attached hydrogens (tertiary/aromatic N) is 1. The molecule has 3 rings (SSSR count). The number of aromatic amines is 1. The maximum Gasteiger partial charge on any atom is 0.338 e. The fourth-order valence-corrected chi connectivity index (χ4v) is 2.09. The van der Waals surface area contributed by atoms with Gasteiger partial charge in [0.25, 0.3) is 0 Å². The van der Waals surface area contributed by atoms with Gasteiger partial charge < -0.3 is 9.47 Å². The first-order chi connectivity index (χ1) is 8.83. The van der Waals surface area contributed by atoms with Crippen LogP contribution >= 0.6 is 0 Å². The number of rotatable bonds is 3. The molecule has 0 bridgehead atoms. The van der Waals surface area contributed by atoms with Crippen molar-refractivity contribution in [3.05, 3.63) is 30.0 Å². The Kier molecular flexibility index (Phi) is 2.98. The van der Waals surface area contributed by atoms with Gasteiger partial charge in [-0.05, 0) is 25.0 Å². The summed E-state index contributed by atoms with van der Waals surface area (Å²) in [5, 5.41) is 7.72. The molecule has 5 nitrogen and oxygen atoms in total. The van der Waals surface area contributed by atoms with E-state index in [0.717, 1.165) is 30.4 Å². The van der Waals surface area contributed by atoms with E-state index in [0.29, 0.717) is 12.2 Å². The molecule has 0 radical (unpaired) electrons. The van der Waals surface area contributed by atoms with E-state index in [1.54, 1.807) is 18.3 Å². The van der Waals surface area contributed by atoms with E-state index in [1.165, 1.54) is 0 Å². The normalized spacial score (nSPS) is 19.2. The van der Waals surface area contributed by atoms with E-state index in [4.69, 9.17) is 9.47 Å². The van der Waals surface area contributed by atoms with E-state index in [1.807, 2.05) is 6.07 Å². The zero-order valence-electron chi connectivity index (χ0n) is 9.89. The van der Waals surface area contributed by atoms with Crippen molar-refractivity contribution in [1.82, 2.24) is 10.2 Å². The third kappa shape index (κ3) is 2.22. The van der Waals surface area contributed by atoms with Gasteiger partial charge in [0.15, 0.2) is 0 Å². The standard InChI is InChI=1S/C13H14N2O3/c16-13(18-8-11-2-1-5-17-11)9-3-4-10-7-14-15-12(10)6-9/h3-4,6-7,11H,1-2,5,8H2,(H,14,15)/t11-/m0/s1. The van der Waals surface area contributed by atoms with E-state index in [9.17, 15) is 4.79 Å². The van der Waals surface area contributed by atoms with Crippen LogP contribution in [0.25, 0.3) is 10.9 Å². The van der Waals surface area contributed by atoms with Crippen LogP contribution in [0, 0.1) is 0 Å². The van der Waals surface area contributed by atoms with Crippen LogP contribution in [0.15, 0.2) is 24.4 Å². The Bertz CT molecular complexity index is 558. The molecule has 0 unspecified atom stereocenters. The van der Waals surface area contributed by atoms with E-state index < -0.39 is 0 Å². The molecule has 2 aromatic rings. The summed E-state index contributed by atoms with van der Waals surface area (Å²) in [5.41, 5.74) is 1.37. The summed E-state index contributed by atoms with van der Waals surface area (Å²) in [4.78, 5) is 11.9. The number of fused-ring (bicyclic) bond motifs is 1. The Balaban J connectivity index is 1.67. The lowest BCUT2D eigenvalue weighted by Crippen LogP contribution is -2.17. The summed E-state index contributed by atoms with van der Waals surface area (Å²) in [7, 11) is 0. The molecule has 1 N–H and O–H groups in total. The van der Waals surface area contributed by atoms with Gasteiger partial charge in [0.2, 0.25) is 0 Å². The third-order valence-corrected chi connectivity index (χ3v) is 3.10. The molecule has 1 saturated heterocycles. The minimum atomic E-state index is -0.318. The van der Waals surface area contributed by atoms with Gasteiger partial charge in [-0.15, -0.1) is 0 Å². The van der Waals surface area contributed by atoms with Crippen molar-refractivity contribution in [2.24, 2.45) is 0 Å². The summed E-state index contributed by atoms with van der Waals surface area (Å²) in [6.07, 6.45) is 3.79. The Morgan fingerprint density at radius 3 is 3.33 bits per heavy atom. The van der Waals surface area contributed by atoms with Crippen LogP contribution in [-0.2, 0) is 9.47 Å². The summed E-state index contributed by atoms with van der Waals surface area (Å²) >= 11 is 0. The van der Waals surface area contributed by atoms with Crippen molar-refractivity contribution < 1.29 is 14.3 Å². The van der Waals surface area contributed by atoms with Gasteiger partial charge >= 0.3 is 5.97 Å². The molecule has 1 fully saturated rings. The lowest BCUT2D eigenvalue weighted by molar-refractivity contribution is 0.0161. The van der Waals surface area contributed by atoms with Crippen LogP contribution in [0.2, 0.25) is 0 Å². The highest BCUT2D eigenvalue weighted by Crippen LogP contribution is 2.15. The molecule has 94 valence electrons. The lowest BCUT2D eigenvalue weighted by Gasteiger charge is -2.10. The zero-order chi connectivity index (χ0) is 12.4. The highest BCUT2D eigenvalue weighted by atomic mass is 16.6. The topological polar surface area (TPSA) is 64.2 Å². The summed E-state index contributed by atoms with van der Waals surface area (Å²) in [5.74, 6) is -0.318. The highest BCUT2D eigenvalue weighted by molar-refractivity contribution is 5.94. The molecule has 0 amide bonds. The fourth-order valence-electron chi connectivity index (χ4n) is 2.09. The molecule has 2 heterocycles. The average molecular weight is 246 g/mol. The first-order valence-corrected chi connectivity index (χ1v) is 6.05. The molecule has 0 spiro atoms. The molecule has 1 aromatic carbocycles. The number of carbonyl (C=O) groups excluding carboxylic acids is 1. The summed E-state index contributed by atoms with van der Waals surface area (Å²) in [6, 6.07) is 5.34. The van der Waals surface area contributed by atoms with E-state index in [2.05, 4.69) is 10.2 Å². The predicted octanol–water partition coefficient (Wildman–Crippen LogP) is 1.90. The van der Waals surface area contributed by atoms with Crippen LogP contribution in [0.4, 0.5) is 0 Å². The maximum atomic E-state index is 11.9. The summed E-state index contributed by atoms with van der Waals surface area (Å²) < 4.78 is 10.6. The lowest BCUT2D eigenvalue weighted by atomic mass is 10.2. The predicted molar refractivity (Wildman–Crippen MR) is 65.4 cm³/mol. The van der Waals surface area contributed by atoms with Crippen LogP contribution in [0.3, 0.4) is 0 Å².